The summed E-state index contributed by atoms with van der Waals surface area (Å²) in [5.74, 6) is 0.680. The number of benzene rings is 1. The molecule has 0 unspecified atom stereocenters. The Kier molecular flexibility index (Phi) is 3.25. The zero-order chi connectivity index (χ0) is 13.2. The molecule has 0 bridgehead atoms. The van der Waals surface area contributed by atoms with Gasteiger partial charge in [-0.1, -0.05) is 28.1 Å². The van der Waals surface area contributed by atoms with E-state index in [0.717, 1.165) is 16.6 Å². The van der Waals surface area contributed by atoms with E-state index in [9.17, 15) is 0 Å². The SMILES string of the molecule is COc1ncccc1Cn1ccc2c(Br)cccc21. The van der Waals surface area contributed by atoms with Crippen LogP contribution in [-0.2, 0) is 6.54 Å². The van der Waals surface area contributed by atoms with Gasteiger partial charge in [-0.3, -0.25) is 0 Å². The van der Waals surface area contributed by atoms with Gasteiger partial charge in [0.25, 0.3) is 0 Å². The van der Waals surface area contributed by atoms with Crippen LogP contribution in [0.4, 0.5) is 0 Å². The highest BCUT2D eigenvalue weighted by molar-refractivity contribution is 9.10. The van der Waals surface area contributed by atoms with Gasteiger partial charge in [-0.2, -0.15) is 0 Å². The first-order valence-electron chi connectivity index (χ1n) is 6.01. The number of aromatic nitrogens is 2. The molecule has 0 N–H and O–H groups in total. The summed E-state index contributed by atoms with van der Waals surface area (Å²) >= 11 is 3.57. The van der Waals surface area contributed by atoms with E-state index >= 15 is 0 Å². The predicted molar refractivity (Wildman–Crippen MR) is 79.5 cm³/mol. The molecule has 0 saturated heterocycles. The third-order valence-corrected chi connectivity index (χ3v) is 3.84. The fourth-order valence-corrected chi connectivity index (χ4v) is 2.72. The summed E-state index contributed by atoms with van der Waals surface area (Å²) < 4.78 is 8.60. The zero-order valence-corrected chi connectivity index (χ0v) is 12.1. The van der Waals surface area contributed by atoms with E-state index in [2.05, 4.69) is 49.9 Å². The Labute approximate surface area is 120 Å². The number of methoxy groups -OCH3 is 1. The molecule has 0 amide bonds. The van der Waals surface area contributed by atoms with Crippen LogP contribution in [0.2, 0.25) is 0 Å². The van der Waals surface area contributed by atoms with Gasteiger partial charge in [0.1, 0.15) is 0 Å². The maximum atomic E-state index is 5.30. The molecule has 3 rings (SSSR count). The van der Waals surface area contributed by atoms with Crippen molar-refractivity contribution in [2.45, 2.75) is 6.54 Å². The topological polar surface area (TPSA) is 27.1 Å². The smallest absolute Gasteiger partial charge is 0.218 e. The minimum Gasteiger partial charge on any atom is -0.481 e. The van der Waals surface area contributed by atoms with Crippen LogP contribution in [0.15, 0.2) is 53.3 Å². The van der Waals surface area contributed by atoms with Gasteiger partial charge in [-0.25, -0.2) is 4.98 Å². The van der Waals surface area contributed by atoms with Crippen LogP contribution in [0, 0.1) is 0 Å². The van der Waals surface area contributed by atoms with E-state index in [1.807, 2.05) is 18.2 Å². The van der Waals surface area contributed by atoms with Gasteiger partial charge < -0.3 is 9.30 Å². The molecule has 0 aliphatic carbocycles. The molecular weight excluding hydrogens is 304 g/mol. The molecule has 0 saturated carbocycles. The molecule has 0 atom stereocenters. The van der Waals surface area contributed by atoms with Crippen molar-refractivity contribution in [3.8, 4) is 5.88 Å². The first-order chi connectivity index (χ1) is 9.29. The molecule has 1 aromatic carbocycles. The van der Waals surface area contributed by atoms with Crippen LogP contribution in [0.1, 0.15) is 5.56 Å². The minimum atomic E-state index is 0.680. The van der Waals surface area contributed by atoms with Crippen LogP contribution in [0.5, 0.6) is 5.88 Å². The van der Waals surface area contributed by atoms with Crippen molar-refractivity contribution >= 4 is 26.8 Å². The first-order valence-corrected chi connectivity index (χ1v) is 6.80. The normalized spacial score (nSPS) is 10.8. The third-order valence-electron chi connectivity index (χ3n) is 3.14. The van der Waals surface area contributed by atoms with Crippen molar-refractivity contribution in [1.29, 1.82) is 0 Å². The largest absolute Gasteiger partial charge is 0.481 e. The number of hydrogen-bond acceptors (Lipinski definition) is 2. The van der Waals surface area contributed by atoms with Crippen molar-refractivity contribution < 1.29 is 4.74 Å². The summed E-state index contributed by atoms with van der Waals surface area (Å²) in [5.41, 5.74) is 2.27. The standard InChI is InChI=1S/C15H13BrN2O/c1-19-15-11(4-3-8-17-15)10-18-9-7-12-13(16)5-2-6-14(12)18/h2-9H,10H2,1H3. The second-order valence-corrected chi connectivity index (χ2v) is 5.14. The molecule has 4 heteroatoms. The molecule has 0 radical (unpaired) electrons. The van der Waals surface area contributed by atoms with Gasteiger partial charge in [0.05, 0.1) is 13.7 Å². The van der Waals surface area contributed by atoms with E-state index in [4.69, 9.17) is 4.74 Å². The number of fused-ring (bicyclic) bond motifs is 1. The fraction of sp³-hybridized carbons (Fsp3) is 0.133. The lowest BCUT2D eigenvalue weighted by Gasteiger charge is -2.09. The molecule has 19 heavy (non-hydrogen) atoms. The predicted octanol–water partition coefficient (Wildman–Crippen LogP) is 3.86. The molecule has 0 fully saturated rings. The number of hydrogen-bond donors (Lipinski definition) is 0. The van der Waals surface area contributed by atoms with E-state index < -0.39 is 0 Å². The van der Waals surface area contributed by atoms with Gasteiger partial charge in [-0.05, 0) is 24.3 Å². The summed E-state index contributed by atoms with van der Waals surface area (Å²) in [6, 6.07) is 12.3. The molecule has 2 heterocycles. The Balaban J connectivity index is 2.04. The van der Waals surface area contributed by atoms with Gasteiger partial charge in [0.2, 0.25) is 5.88 Å². The third kappa shape index (κ3) is 2.24. The number of ether oxygens (including phenoxy) is 1. The molecule has 0 spiro atoms. The number of pyridine rings is 1. The Morgan fingerprint density at radius 2 is 2.11 bits per heavy atom. The van der Waals surface area contributed by atoms with Crippen LogP contribution in [-0.4, -0.2) is 16.7 Å². The van der Waals surface area contributed by atoms with Gasteiger partial charge >= 0.3 is 0 Å². The second-order valence-electron chi connectivity index (χ2n) is 4.29. The zero-order valence-electron chi connectivity index (χ0n) is 10.5. The van der Waals surface area contributed by atoms with E-state index in [1.165, 1.54) is 10.9 Å². The molecule has 0 aliphatic heterocycles. The van der Waals surface area contributed by atoms with Crippen molar-refractivity contribution in [3.63, 3.8) is 0 Å². The quantitative estimate of drug-likeness (QED) is 0.733. The Hall–Kier alpha value is -1.81. The summed E-state index contributed by atoms with van der Waals surface area (Å²) in [4.78, 5) is 4.23. The number of rotatable bonds is 3. The Morgan fingerprint density at radius 3 is 2.95 bits per heavy atom. The average molecular weight is 317 g/mol. The van der Waals surface area contributed by atoms with Crippen LogP contribution >= 0.6 is 15.9 Å². The van der Waals surface area contributed by atoms with Crippen molar-refractivity contribution in [2.75, 3.05) is 7.11 Å². The molecule has 0 aliphatic rings. The second kappa shape index (κ2) is 5.05. The van der Waals surface area contributed by atoms with Crippen LogP contribution in [0.25, 0.3) is 10.9 Å². The van der Waals surface area contributed by atoms with E-state index in [1.54, 1.807) is 13.3 Å². The highest BCUT2D eigenvalue weighted by Gasteiger charge is 2.07. The van der Waals surface area contributed by atoms with E-state index in [-0.39, 0.29) is 0 Å². The average Bonchev–Trinajstić information content (AvgIpc) is 2.84. The summed E-state index contributed by atoms with van der Waals surface area (Å²) in [6.45, 7) is 0.747. The fourth-order valence-electron chi connectivity index (χ4n) is 2.24. The molecular formula is C15H13BrN2O. The van der Waals surface area contributed by atoms with Crippen molar-refractivity contribution in [1.82, 2.24) is 9.55 Å². The van der Waals surface area contributed by atoms with Crippen molar-refractivity contribution in [3.05, 3.63) is 58.8 Å². The lowest BCUT2D eigenvalue weighted by molar-refractivity contribution is 0.391. The van der Waals surface area contributed by atoms with Gasteiger partial charge in [0, 0.05) is 33.3 Å². The van der Waals surface area contributed by atoms with Gasteiger partial charge in [-0.15, -0.1) is 0 Å². The lowest BCUT2D eigenvalue weighted by atomic mass is 10.2. The molecule has 3 aromatic rings. The van der Waals surface area contributed by atoms with Crippen LogP contribution in [0.3, 0.4) is 0 Å². The maximum absolute atomic E-state index is 5.30. The molecule has 96 valence electrons. The van der Waals surface area contributed by atoms with Crippen LogP contribution < -0.4 is 4.74 Å². The number of nitrogens with zero attached hydrogens (tertiary/aromatic N) is 2. The minimum absolute atomic E-state index is 0.680. The summed E-state index contributed by atoms with van der Waals surface area (Å²) in [6.07, 6.45) is 3.83. The van der Waals surface area contributed by atoms with Gasteiger partial charge in [0.15, 0.2) is 0 Å². The first kappa shape index (κ1) is 12.2. The monoisotopic (exact) mass is 316 g/mol. The number of halogens is 1. The summed E-state index contributed by atoms with van der Waals surface area (Å²) in [7, 11) is 1.65. The molecule has 2 aromatic heterocycles. The lowest BCUT2D eigenvalue weighted by Crippen LogP contribution is -2.01. The van der Waals surface area contributed by atoms with Crippen molar-refractivity contribution in [2.24, 2.45) is 0 Å². The highest BCUT2D eigenvalue weighted by Crippen LogP contribution is 2.26. The van der Waals surface area contributed by atoms with E-state index in [0.29, 0.717) is 5.88 Å². The Morgan fingerprint density at radius 1 is 1.21 bits per heavy atom. The highest BCUT2D eigenvalue weighted by atomic mass is 79.9. The maximum Gasteiger partial charge on any atom is 0.218 e. The molecule has 3 nitrogen and oxygen atoms in total. The summed E-state index contributed by atoms with van der Waals surface area (Å²) in [5, 5.41) is 1.21. The Bertz CT molecular complexity index is 721.